The molecule has 3 aromatic rings. The number of carbonyl (C=O) groups excluding carboxylic acids is 1. The molecule has 0 saturated carbocycles. The van der Waals surface area contributed by atoms with Gasteiger partial charge in [-0.3, -0.25) is 9.59 Å². The van der Waals surface area contributed by atoms with Crippen molar-refractivity contribution in [3.8, 4) is 11.5 Å². The van der Waals surface area contributed by atoms with Crippen LogP contribution in [0.2, 0.25) is 0 Å². The molecule has 1 aromatic heterocycles. The zero-order valence-corrected chi connectivity index (χ0v) is 16.8. The number of aromatic nitrogens is 2. The van der Waals surface area contributed by atoms with Crippen molar-refractivity contribution in [3.05, 3.63) is 65.1 Å². The SMILES string of the molecule is COc1ccc(OCC(NC(=O)Cn2ncc3ccccc3c2=O)C(C)C)cc1. The Morgan fingerprint density at radius 1 is 1.10 bits per heavy atom. The molecule has 152 valence electrons. The van der Waals surface area contributed by atoms with Gasteiger partial charge in [0.15, 0.2) is 0 Å². The third-order valence-electron chi connectivity index (χ3n) is 4.70. The van der Waals surface area contributed by atoms with Crippen molar-refractivity contribution in [2.45, 2.75) is 26.4 Å². The van der Waals surface area contributed by atoms with Gasteiger partial charge in [0.2, 0.25) is 5.91 Å². The lowest BCUT2D eigenvalue weighted by atomic mass is 10.1. The first kappa shape index (κ1) is 20.4. The van der Waals surface area contributed by atoms with Crippen molar-refractivity contribution in [2.75, 3.05) is 13.7 Å². The Morgan fingerprint density at radius 3 is 2.48 bits per heavy atom. The molecule has 1 heterocycles. The van der Waals surface area contributed by atoms with Gasteiger partial charge in [-0.1, -0.05) is 32.0 Å². The average molecular weight is 395 g/mol. The van der Waals surface area contributed by atoms with Crippen molar-refractivity contribution in [2.24, 2.45) is 5.92 Å². The highest BCUT2D eigenvalue weighted by Gasteiger charge is 2.18. The highest BCUT2D eigenvalue weighted by atomic mass is 16.5. The van der Waals surface area contributed by atoms with E-state index in [0.717, 1.165) is 11.1 Å². The van der Waals surface area contributed by atoms with Crippen molar-refractivity contribution < 1.29 is 14.3 Å². The van der Waals surface area contributed by atoms with Crippen LogP contribution in [0.15, 0.2) is 59.5 Å². The van der Waals surface area contributed by atoms with Gasteiger partial charge >= 0.3 is 0 Å². The number of carbonyl (C=O) groups is 1. The van der Waals surface area contributed by atoms with E-state index in [1.54, 1.807) is 25.4 Å². The van der Waals surface area contributed by atoms with Crippen LogP contribution in [0.5, 0.6) is 11.5 Å². The molecule has 1 atom stereocenters. The number of fused-ring (bicyclic) bond motifs is 1. The van der Waals surface area contributed by atoms with Crippen LogP contribution in [0.4, 0.5) is 0 Å². The molecule has 0 fully saturated rings. The lowest BCUT2D eigenvalue weighted by molar-refractivity contribution is -0.123. The highest BCUT2D eigenvalue weighted by molar-refractivity contribution is 5.81. The molecule has 0 spiro atoms. The molecule has 2 aromatic carbocycles. The third-order valence-corrected chi connectivity index (χ3v) is 4.70. The van der Waals surface area contributed by atoms with Gasteiger partial charge in [-0.25, -0.2) is 4.68 Å². The highest BCUT2D eigenvalue weighted by Crippen LogP contribution is 2.17. The molecule has 0 aliphatic heterocycles. The summed E-state index contributed by atoms with van der Waals surface area (Å²) >= 11 is 0. The summed E-state index contributed by atoms with van der Waals surface area (Å²) in [7, 11) is 1.61. The molecular formula is C22H25N3O4. The van der Waals surface area contributed by atoms with Crippen LogP contribution in [0.1, 0.15) is 13.8 Å². The van der Waals surface area contributed by atoms with E-state index in [2.05, 4.69) is 10.4 Å². The monoisotopic (exact) mass is 395 g/mol. The molecule has 0 bridgehead atoms. The van der Waals surface area contributed by atoms with E-state index >= 15 is 0 Å². The lowest BCUT2D eigenvalue weighted by Crippen LogP contribution is -2.45. The van der Waals surface area contributed by atoms with Crippen molar-refractivity contribution in [3.63, 3.8) is 0 Å². The van der Waals surface area contributed by atoms with Gasteiger partial charge in [0.1, 0.15) is 24.7 Å². The summed E-state index contributed by atoms with van der Waals surface area (Å²) in [6, 6.07) is 14.2. The Labute approximate surface area is 169 Å². The van der Waals surface area contributed by atoms with Gasteiger partial charge < -0.3 is 14.8 Å². The zero-order valence-electron chi connectivity index (χ0n) is 16.8. The Morgan fingerprint density at radius 2 is 1.79 bits per heavy atom. The predicted octanol–water partition coefficient (Wildman–Crippen LogP) is 2.62. The number of rotatable bonds is 8. The number of hydrogen-bond acceptors (Lipinski definition) is 5. The maximum atomic E-state index is 12.5. The number of methoxy groups -OCH3 is 1. The van der Waals surface area contributed by atoms with Crippen LogP contribution in [0.25, 0.3) is 10.8 Å². The molecule has 0 saturated heterocycles. The Balaban J connectivity index is 1.63. The van der Waals surface area contributed by atoms with E-state index in [9.17, 15) is 9.59 Å². The van der Waals surface area contributed by atoms with Crippen LogP contribution in [-0.4, -0.2) is 35.4 Å². The molecule has 0 aliphatic rings. The van der Waals surface area contributed by atoms with Crippen LogP contribution >= 0.6 is 0 Å². The summed E-state index contributed by atoms with van der Waals surface area (Å²) in [6.07, 6.45) is 1.59. The Kier molecular flexibility index (Phi) is 6.49. The summed E-state index contributed by atoms with van der Waals surface area (Å²) in [5.74, 6) is 1.31. The average Bonchev–Trinajstić information content (AvgIpc) is 2.73. The van der Waals surface area contributed by atoms with E-state index in [0.29, 0.717) is 17.7 Å². The normalized spacial score (nSPS) is 12.0. The molecule has 1 unspecified atom stereocenters. The topological polar surface area (TPSA) is 82.4 Å². The quantitative estimate of drug-likeness (QED) is 0.634. The van der Waals surface area contributed by atoms with E-state index < -0.39 is 0 Å². The summed E-state index contributed by atoms with van der Waals surface area (Å²) in [5, 5.41) is 8.35. The zero-order chi connectivity index (χ0) is 20.8. The smallest absolute Gasteiger partial charge is 0.275 e. The molecule has 7 heteroatoms. The van der Waals surface area contributed by atoms with Crippen LogP contribution in [-0.2, 0) is 11.3 Å². The molecule has 0 aliphatic carbocycles. The summed E-state index contributed by atoms with van der Waals surface area (Å²) in [5.41, 5.74) is -0.283. The minimum absolute atomic E-state index is 0.143. The summed E-state index contributed by atoms with van der Waals surface area (Å²) < 4.78 is 12.1. The van der Waals surface area contributed by atoms with E-state index in [1.165, 1.54) is 4.68 Å². The maximum absolute atomic E-state index is 12.5. The maximum Gasteiger partial charge on any atom is 0.275 e. The lowest BCUT2D eigenvalue weighted by Gasteiger charge is -2.23. The van der Waals surface area contributed by atoms with Crippen molar-refractivity contribution >= 4 is 16.7 Å². The summed E-state index contributed by atoms with van der Waals surface area (Å²) in [4.78, 5) is 25.1. The molecular weight excluding hydrogens is 370 g/mol. The largest absolute Gasteiger partial charge is 0.497 e. The standard InChI is InChI=1S/C22H25N3O4/c1-15(2)20(14-29-18-10-8-17(28-3)9-11-18)24-21(26)13-25-22(27)19-7-5-4-6-16(19)12-23-25/h4-12,15,20H,13-14H2,1-3H3,(H,24,26). The number of nitrogens with zero attached hydrogens (tertiary/aromatic N) is 2. The fourth-order valence-electron chi connectivity index (χ4n) is 2.89. The first-order chi connectivity index (χ1) is 14.0. The molecule has 29 heavy (non-hydrogen) atoms. The van der Waals surface area contributed by atoms with Gasteiger partial charge in [-0.15, -0.1) is 0 Å². The predicted molar refractivity (Wildman–Crippen MR) is 111 cm³/mol. The molecule has 3 rings (SSSR count). The number of amides is 1. The van der Waals surface area contributed by atoms with Gasteiger partial charge in [-0.05, 0) is 36.2 Å². The third kappa shape index (κ3) is 5.13. The van der Waals surface area contributed by atoms with Crippen LogP contribution in [0, 0.1) is 5.92 Å². The van der Waals surface area contributed by atoms with E-state index in [4.69, 9.17) is 9.47 Å². The fraction of sp³-hybridized carbons (Fsp3) is 0.318. The number of ether oxygens (including phenoxy) is 2. The summed E-state index contributed by atoms with van der Waals surface area (Å²) in [6.45, 7) is 4.18. The van der Waals surface area contributed by atoms with Crippen LogP contribution in [0.3, 0.4) is 0 Å². The second-order valence-electron chi connectivity index (χ2n) is 7.10. The number of benzene rings is 2. The van der Waals surface area contributed by atoms with E-state index in [-0.39, 0.29) is 30.0 Å². The molecule has 1 amide bonds. The number of nitrogens with one attached hydrogen (secondary N) is 1. The van der Waals surface area contributed by atoms with Gasteiger partial charge in [0, 0.05) is 5.39 Å². The molecule has 1 N–H and O–H groups in total. The fourth-order valence-corrected chi connectivity index (χ4v) is 2.89. The second-order valence-corrected chi connectivity index (χ2v) is 7.10. The van der Waals surface area contributed by atoms with Crippen LogP contribution < -0.4 is 20.3 Å². The van der Waals surface area contributed by atoms with Crippen molar-refractivity contribution in [1.29, 1.82) is 0 Å². The number of hydrogen-bond donors (Lipinski definition) is 1. The minimum atomic E-state index is -0.285. The molecule has 0 radical (unpaired) electrons. The van der Waals surface area contributed by atoms with Gasteiger partial charge in [0.05, 0.1) is 24.7 Å². The first-order valence-electron chi connectivity index (χ1n) is 9.49. The van der Waals surface area contributed by atoms with E-state index in [1.807, 2.05) is 50.2 Å². The van der Waals surface area contributed by atoms with Gasteiger partial charge in [-0.2, -0.15) is 5.10 Å². The van der Waals surface area contributed by atoms with Crippen molar-refractivity contribution in [1.82, 2.24) is 15.1 Å². The molecule has 7 nitrogen and oxygen atoms in total. The van der Waals surface area contributed by atoms with Gasteiger partial charge in [0.25, 0.3) is 5.56 Å². The minimum Gasteiger partial charge on any atom is -0.497 e. The second kappa shape index (κ2) is 9.23. The Bertz CT molecular complexity index is 1030. The Hall–Kier alpha value is -3.35. The first-order valence-corrected chi connectivity index (χ1v) is 9.49.